The molecular weight excluding hydrogens is 111 g/mol. The summed E-state index contributed by atoms with van der Waals surface area (Å²) in [5.74, 6) is -0.875. The molecule has 0 heterocycles. The van der Waals surface area contributed by atoms with Crippen molar-refractivity contribution in [2.75, 3.05) is 14.2 Å². The summed E-state index contributed by atoms with van der Waals surface area (Å²) in [6.07, 6.45) is -0.544. The molecule has 1 rings (SSSR count). The Balaban J connectivity index is 2.39. The number of hydrogen-bond donors (Lipinski definition) is 0. The average molecular weight is 120 g/mol. The van der Waals surface area contributed by atoms with E-state index in [2.05, 4.69) is 0 Å². The Hall–Kier alpha value is -0.150. The topological polar surface area (TPSA) is 18.5 Å². The van der Waals surface area contributed by atoms with Gasteiger partial charge in [0.25, 0.3) is 0 Å². The minimum absolute atomic E-state index is 0.375. The van der Waals surface area contributed by atoms with Gasteiger partial charge in [-0.15, -0.1) is 0 Å². The van der Waals surface area contributed by atoms with Gasteiger partial charge in [-0.25, -0.2) is 4.39 Å². The largest absolute Gasteiger partial charge is 0.351 e. The molecule has 0 aromatic heterocycles. The van der Waals surface area contributed by atoms with Gasteiger partial charge in [-0.1, -0.05) is 0 Å². The molecule has 0 aliphatic heterocycles. The Labute approximate surface area is 47.6 Å². The smallest absolute Gasteiger partial charge is 0.202 e. The predicted molar refractivity (Wildman–Crippen MR) is 26.3 cm³/mol. The number of hydrogen-bond acceptors (Lipinski definition) is 2. The van der Waals surface area contributed by atoms with Gasteiger partial charge in [0.1, 0.15) is 0 Å². The predicted octanol–water partition coefficient (Wildman–Crippen LogP) is 0.717. The monoisotopic (exact) mass is 120 g/mol. The molecule has 2 nitrogen and oxygen atoms in total. The highest BCUT2D eigenvalue weighted by atomic mass is 19.1. The van der Waals surface area contributed by atoms with E-state index in [0.29, 0.717) is 6.42 Å². The Morgan fingerprint density at radius 2 is 1.88 bits per heavy atom. The van der Waals surface area contributed by atoms with Crippen molar-refractivity contribution in [2.45, 2.75) is 18.4 Å². The fourth-order valence-corrected chi connectivity index (χ4v) is 0.697. The van der Waals surface area contributed by atoms with Gasteiger partial charge in [-0.2, -0.15) is 0 Å². The number of rotatable bonds is 2. The van der Waals surface area contributed by atoms with Gasteiger partial charge in [-0.05, 0) is 0 Å². The Morgan fingerprint density at radius 3 is 1.88 bits per heavy atom. The van der Waals surface area contributed by atoms with Gasteiger partial charge < -0.3 is 9.47 Å². The van der Waals surface area contributed by atoms with Crippen LogP contribution >= 0.6 is 0 Å². The van der Waals surface area contributed by atoms with Crippen molar-refractivity contribution in [3.8, 4) is 0 Å². The van der Waals surface area contributed by atoms with Gasteiger partial charge in [0, 0.05) is 20.6 Å². The lowest BCUT2D eigenvalue weighted by Gasteiger charge is -2.08. The highest BCUT2D eigenvalue weighted by Crippen LogP contribution is 2.42. The van der Waals surface area contributed by atoms with Crippen molar-refractivity contribution in [3.63, 3.8) is 0 Å². The van der Waals surface area contributed by atoms with Crippen LogP contribution in [0.15, 0.2) is 0 Å². The summed E-state index contributed by atoms with van der Waals surface area (Å²) in [7, 11) is 2.90. The molecule has 0 amide bonds. The molecule has 1 fully saturated rings. The average Bonchev–Trinajstić information content (AvgIpc) is 2.43. The maximum Gasteiger partial charge on any atom is 0.202 e. The first-order valence-corrected chi connectivity index (χ1v) is 2.49. The van der Waals surface area contributed by atoms with Crippen LogP contribution in [0.1, 0.15) is 6.42 Å². The zero-order valence-corrected chi connectivity index (χ0v) is 4.98. The van der Waals surface area contributed by atoms with E-state index in [0.717, 1.165) is 0 Å². The molecule has 8 heavy (non-hydrogen) atoms. The molecule has 0 radical (unpaired) electrons. The van der Waals surface area contributed by atoms with E-state index in [1.54, 1.807) is 0 Å². The summed E-state index contributed by atoms with van der Waals surface area (Å²) in [5.41, 5.74) is 0. The maximum absolute atomic E-state index is 12.2. The second kappa shape index (κ2) is 1.67. The first-order valence-electron chi connectivity index (χ1n) is 2.49. The van der Waals surface area contributed by atoms with Crippen LogP contribution in [0.2, 0.25) is 0 Å². The van der Waals surface area contributed by atoms with E-state index >= 15 is 0 Å². The second-order valence-electron chi connectivity index (χ2n) is 1.89. The van der Waals surface area contributed by atoms with Crippen LogP contribution < -0.4 is 0 Å². The summed E-state index contributed by atoms with van der Waals surface area (Å²) < 4.78 is 21.6. The van der Waals surface area contributed by atoms with E-state index in [1.807, 2.05) is 0 Å². The molecule has 0 bridgehead atoms. The number of halogens is 1. The first-order chi connectivity index (χ1) is 3.75. The third-order valence-corrected chi connectivity index (χ3v) is 1.47. The summed E-state index contributed by atoms with van der Waals surface area (Å²) in [6, 6.07) is 0. The lowest BCUT2D eigenvalue weighted by molar-refractivity contribution is -0.141. The summed E-state index contributed by atoms with van der Waals surface area (Å²) in [5, 5.41) is 0. The molecule has 1 unspecified atom stereocenters. The molecule has 1 aliphatic carbocycles. The van der Waals surface area contributed by atoms with Crippen LogP contribution in [0.5, 0.6) is 0 Å². The van der Waals surface area contributed by atoms with Crippen molar-refractivity contribution >= 4 is 0 Å². The van der Waals surface area contributed by atoms with E-state index in [1.165, 1.54) is 14.2 Å². The maximum atomic E-state index is 12.2. The molecule has 48 valence electrons. The van der Waals surface area contributed by atoms with E-state index in [-0.39, 0.29) is 0 Å². The zero-order chi connectivity index (χ0) is 6.20. The quantitative estimate of drug-likeness (QED) is 0.500. The van der Waals surface area contributed by atoms with Gasteiger partial charge in [0.2, 0.25) is 5.79 Å². The van der Waals surface area contributed by atoms with E-state index in [9.17, 15) is 4.39 Å². The van der Waals surface area contributed by atoms with Crippen molar-refractivity contribution in [2.24, 2.45) is 0 Å². The first kappa shape index (κ1) is 5.98. The molecular formula is C5H9FO2. The molecule has 0 aromatic rings. The third kappa shape index (κ3) is 0.624. The van der Waals surface area contributed by atoms with Crippen LogP contribution in [-0.2, 0) is 9.47 Å². The Kier molecular flexibility index (Phi) is 1.25. The molecule has 1 atom stereocenters. The van der Waals surface area contributed by atoms with Gasteiger partial charge in [-0.3, -0.25) is 0 Å². The van der Waals surface area contributed by atoms with E-state index < -0.39 is 12.0 Å². The fourth-order valence-electron chi connectivity index (χ4n) is 0.697. The lowest BCUT2D eigenvalue weighted by atomic mass is 10.7. The molecule has 1 saturated carbocycles. The molecule has 0 spiro atoms. The number of alkyl halides is 1. The standard InChI is InChI=1S/C5H9FO2/c1-7-5(8-2)3-4(5)6/h4H,3H2,1-2H3. The van der Waals surface area contributed by atoms with Crippen LogP contribution in [0.25, 0.3) is 0 Å². The SMILES string of the molecule is COC1(OC)CC1F. The fraction of sp³-hybridized carbons (Fsp3) is 1.00. The minimum atomic E-state index is -0.919. The lowest BCUT2D eigenvalue weighted by Crippen LogP contribution is -2.17. The molecule has 0 aromatic carbocycles. The van der Waals surface area contributed by atoms with Crippen LogP contribution in [0.4, 0.5) is 4.39 Å². The van der Waals surface area contributed by atoms with Gasteiger partial charge >= 0.3 is 0 Å². The van der Waals surface area contributed by atoms with Crippen molar-refractivity contribution in [1.82, 2.24) is 0 Å². The third-order valence-electron chi connectivity index (χ3n) is 1.47. The highest BCUT2D eigenvalue weighted by molar-refractivity contribution is 4.97. The Bertz CT molecular complexity index is 84.9. The minimum Gasteiger partial charge on any atom is -0.351 e. The summed E-state index contributed by atoms with van der Waals surface area (Å²) >= 11 is 0. The van der Waals surface area contributed by atoms with E-state index in [4.69, 9.17) is 9.47 Å². The molecule has 3 heteroatoms. The number of methoxy groups -OCH3 is 2. The summed E-state index contributed by atoms with van der Waals surface area (Å²) in [6.45, 7) is 0. The van der Waals surface area contributed by atoms with Crippen LogP contribution in [0.3, 0.4) is 0 Å². The number of ether oxygens (including phenoxy) is 2. The van der Waals surface area contributed by atoms with Gasteiger partial charge in [0.05, 0.1) is 0 Å². The molecule has 0 N–H and O–H groups in total. The molecule has 1 aliphatic rings. The normalized spacial score (nSPS) is 32.6. The molecule has 0 saturated heterocycles. The van der Waals surface area contributed by atoms with Crippen LogP contribution in [-0.4, -0.2) is 26.2 Å². The van der Waals surface area contributed by atoms with Crippen molar-refractivity contribution in [1.29, 1.82) is 0 Å². The highest BCUT2D eigenvalue weighted by Gasteiger charge is 2.57. The van der Waals surface area contributed by atoms with Gasteiger partial charge in [0.15, 0.2) is 6.17 Å². The van der Waals surface area contributed by atoms with Crippen molar-refractivity contribution < 1.29 is 13.9 Å². The van der Waals surface area contributed by atoms with Crippen LogP contribution in [0, 0.1) is 0 Å². The second-order valence-corrected chi connectivity index (χ2v) is 1.89. The Morgan fingerprint density at radius 1 is 1.50 bits per heavy atom. The summed E-state index contributed by atoms with van der Waals surface area (Å²) in [4.78, 5) is 0. The zero-order valence-electron chi connectivity index (χ0n) is 4.98. The van der Waals surface area contributed by atoms with Crippen molar-refractivity contribution in [3.05, 3.63) is 0 Å².